The Balaban J connectivity index is 2.25. The van der Waals surface area contributed by atoms with Gasteiger partial charge in [0.25, 0.3) is 0 Å². The smallest absolute Gasteiger partial charge is 0.127 e. The van der Waals surface area contributed by atoms with Gasteiger partial charge in [0.2, 0.25) is 0 Å². The summed E-state index contributed by atoms with van der Waals surface area (Å²) >= 11 is 2.54. The topological polar surface area (TPSA) is 63.5 Å². The summed E-state index contributed by atoms with van der Waals surface area (Å²) in [5.41, 5.74) is 1.93. The van der Waals surface area contributed by atoms with Crippen molar-refractivity contribution in [3.63, 3.8) is 0 Å². The molecule has 0 bridgehead atoms. The molecule has 1 heterocycles. The van der Waals surface area contributed by atoms with Crippen molar-refractivity contribution in [2.24, 2.45) is 0 Å². The zero-order chi connectivity index (χ0) is 11.5. The predicted octanol–water partition coefficient (Wildman–Crippen LogP) is 3.52. The van der Waals surface area contributed by atoms with E-state index in [0.29, 0.717) is 9.42 Å². The standard InChI is InChI=1S/C11H11N3S2/c1-15-11(13)16-10(12)8-2-3-9-7(6-8)4-5-14-9/h2-6,12-14H,1H3. The number of nitrogens with one attached hydrogen (secondary N) is 3. The van der Waals surface area contributed by atoms with Crippen LogP contribution in [0.4, 0.5) is 0 Å². The fourth-order valence-corrected chi connectivity index (χ4v) is 2.40. The lowest BCUT2D eigenvalue weighted by Crippen LogP contribution is -1.96. The number of aromatic amines is 1. The van der Waals surface area contributed by atoms with E-state index in [2.05, 4.69) is 4.98 Å². The van der Waals surface area contributed by atoms with Crippen LogP contribution >= 0.6 is 23.5 Å². The van der Waals surface area contributed by atoms with Gasteiger partial charge in [0, 0.05) is 22.7 Å². The highest BCUT2D eigenvalue weighted by atomic mass is 32.2. The van der Waals surface area contributed by atoms with E-state index in [4.69, 9.17) is 10.8 Å². The number of H-pyrrole nitrogens is 1. The summed E-state index contributed by atoms with van der Waals surface area (Å²) in [5.74, 6) is 0. The maximum atomic E-state index is 7.89. The van der Waals surface area contributed by atoms with Crippen molar-refractivity contribution >= 4 is 43.8 Å². The third-order valence-electron chi connectivity index (χ3n) is 2.20. The monoisotopic (exact) mass is 249 g/mol. The van der Waals surface area contributed by atoms with Crippen LogP contribution < -0.4 is 0 Å². The van der Waals surface area contributed by atoms with Crippen LogP contribution in [0, 0.1) is 10.8 Å². The first-order chi connectivity index (χ1) is 7.70. The second-order valence-electron chi connectivity index (χ2n) is 3.20. The highest BCUT2D eigenvalue weighted by Crippen LogP contribution is 2.21. The molecule has 0 aliphatic carbocycles. The van der Waals surface area contributed by atoms with Crippen molar-refractivity contribution in [3.8, 4) is 0 Å². The Hall–Kier alpha value is -1.20. The number of rotatable bonds is 1. The third-order valence-corrected chi connectivity index (χ3v) is 3.94. The highest BCUT2D eigenvalue weighted by Gasteiger charge is 2.06. The van der Waals surface area contributed by atoms with Gasteiger partial charge in [-0.1, -0.05) is 6.07 Å². The molecule has 0 radical (unpaired) electrons. The summed E-state index contributed by atoms with van der Waals surface area (Å²) in [5, 5.41) is 16.9. The van der Waals surface area contributed by atoms with Crippen molar-refractivity contribution in [3.05, 3.63) is 36.0 Å². The number of aromatic nitrogens is 1. The molecular weight excluding hydrogens is 238 g/mol. The maximum Gasteiger partial charge on any atom is 0.127 e. The van der Waals surface area contributed by atoms with Crippen molar-refractivity contribution in [2.75, 3.05) is 6.26 Å². The van der Waals surface area contributed by atoms with Gasteiger partial charge in [0.1, 0.15) is 9.42 Å². The Morgan fingerprint density at radius 2 is 2.06 bits per heavy atom. The van der Waals surface area contributed by atoms with Gasteiger partial charge in [-0.05, 0) is 36.2 Å². The molecule has 16 heavy (non-hydrogen) atoms. The third kappa shape index (κ3) is 2.31. The number of benzene rings is 1. The van der Waals surface area contributed by atoms with Gasteiger partial charge >= 0.3 is 0 Å². The fourth-order valence-electron chi connectivity index (χ4n) is 1.39. The molecule has 0 fully saturated rings. The van der Waals surface area contributed by atoms with Crippen molar-refractivity contribution in [1.29, 1.82) is 10.8 Å². The molecule has 0 spiro atoms. The van der Waals surface area contributed by atoms with Crippen LogP contribution in [0.2, 0.25) is 0 Å². The van der Waals surface area contributed by atoms with Crippen molar-refractivity contribution < 1.29 is 0 Å². The van der Waals surface area contributed by atoms with Crippen LogP contribution in [-0.2, 0) is 0 Å². The van der Waals surface area contributed by atoms with E-state index in [9.17, 15) is 0 Å². The van der Waals surface area contributed by atoms with Gasteiger partial charge in [-0.2, -0.15) is 0 Å². The molecule has 0 amide bonds. The lowest BCUT2D eigenvalue weighted by molar-refractivity contribution is 1.47. The van der Waals surface area contributed by atoms with Crippen LogP contribution in [0.25, 0.3) is 10.9 Å². The van der Waals surface area contributed by atoms with Gasteiger partial charge in [0.15, 0.2) is 0 Å². The molecular formula is C11H11N3S2. The zero-order valence-electron chi connectivity index (χ0n) is 8.70. The Labute approximate surface area is 102 Å². The normalized spacial score (nSPS) is 10.6. The first kappa shape index (κ1) is 11.3. The second-order valence-corrected chi connectivity index (χ2v) is 5.30. The molecule has 0 aliphatic rings. The summed E-state index contributed by atoms with van der Waals surface area (Å²) in [6.07, 6.45) is 3.73. The zero-order valence-corrected chi connectivity index (χ0v) is 10.3. The Bertz CT molecular complexity index is 545. The van der Waals surface area contributed by atoms with Gasteiger partial charge < -0.3 is 4.98 Å². The van der Waals surface area contributed by atoms with Gasteiger partial charge in [-0.3, -0.25) is 10.8 Å². The van der Waals surface area contributed by atoms with Crippen LogP contribution in [0.1, 0.15) is 5.56 Å². The summed E-state index contributed by atoms with van der Waals surface area (Å²) in [4.78, 5) is 3.11. The molecule has 3 nitrogen and oxygen atoms in total. The molecule has 1 aromatic carbocycles. The van der Waals surface area contributed by atoms with Crippen molar-refractivity contribution in [1.82, 2.24) is 4.98 Å². The number of fused-ring (bicyclic) bond motifs is 1. The molecule has 0 saturated carbocycles. The van der Waals surface area contributed by atoms with E-state index in [-0.39, 0.29) is 0 Å². The average molecular weight is 249 g/mol. The maximum absolute atomic E-state index is 7.89. The Morgan fingerprint density at radius 3 is 2.81 bits per heavy atom. The summed E-state index contributed by atoms with van der Waals surface area (Å²) < 4.78 is 0.444. The summed E-state index contributed by atoms with van der Waals surface area (Å²) in [7, 11) is 0. The second kappa shape index (κ2) is 4.76. The molecule has 82 valence electrons. The largest absolute Gasteiger partial charge is 0.361 e. The quantitative estimate of drug-likeness (QED) is 0.535. The SMILES string of the molecule is CSC(=N)SC(=N)c1ccc2[nH]ccc2c1. The van der Waals surface area contributed by atoms with Crippen LogP contribution in [0.3, 0.4) is 0 Å². The van der Waals surface area contributed by atoms with Gasteiger partial charge in [-0.15, -0.1) is 11.8 Å². The molecule has 5 heteroatoms. The number of thioether (sulfide) groups is 2. The van der Waals surface area contributed by atoms with Crippen LogP contribution in [-0.4, -0.2) is 20.7 Å². The summed E-state index contributed by atoms with van der Waals surface area (Å²) in [6.45, 7) is 0. The van der Waals surface area contributed by atoms with Gasteiger partial charge in [-0.25, -0.2) is 0 Å². The van der Waals surface area contributed by atoms with E-state index in [1.54, 1.807) is 0 Å². The molecule has 0 unspecified atom stereocenters. The first-order valence-electron chi connectivity index (χ1n) is 4.67. The molecule has 1 aromatic heterocycles. The van der Waals surface area contributed by atoms with Crippen LogP contribution in [0.5, 0.6) is 0 Å². The number of hydrogen-bond donors (Lipinski definition) is 3. The Kier molecular flexibility index (Phi) is 3.36. The Morgan fingerprint density at radius 1 is 1.25 bits per heavy atom. The minimum absolute atomic E-state index is 0.419. The number of hydrogen-bond acceptors (Lipinski definition) is 4. The minimum Gasteiger partial charge on any atom is -0.361 e. The molecule has 0 atom stereocenters. The van der Waals surface area contributed by atoms with Gasteiger partial charge in [0.05, 0.1) is 0 Å². The molecule has 0 aliphatic heterocycles. The van der Waals surface area contributed by atoms with E-state index in [0.717, 1.165) is 16.5 Å². The predicted molar refractivity (Wildman–Crippen MR) is 74.0 cm³/mol. The lowest BCUT2D eigenvalue weighted by Gasteiger charge is -2.03. The summed E-state index contributed by atoms with van der Waals surface area (Å²) in [6, 6.07) is 7.82. The average Bonchev–Trinajstić information content (AvgIpc) is 2.75. The molecule has 2 aromatic rings. The van der Waals surface area contributed by atoms with Crippen LogP contribution in [0.15, 0.2) is 30.5 Å². The first-order valence-corrected chi connectivity index (χ1v) is 6.71. The highest BCUT2D eigenvalue weighted by molar-refractivity contribution is 8.44. The molecule has 0 saturated heterocycles. The lowest BCUT2D eigenvalue weighted by atomic mass is 10.2. The molecule has 3 N–H and O–H groups in total. The van der Waals surface area contributed by atoms with Crippen molar-refractivity contribution in [2.45, 2.75) is 0 Å². The van der Waals surface area contributed by atoms with E-state index in [1.165, 1.54) is 23.5 Å². The van der Waals surface area contributed by atoms with E-state index in [1.807, 2.05) is 36.7 Å². The minimum atomic E-state index is 0.419. The molecule has 2 rings (SSSR count). The fraction of sp³-hybridized carbons (Fsp3) is 0.0909. The van der Waals surface area contributed by atoms with E-state index >= 15 is 0 Å². The van der Waals surface area contributed by atoms with E-state index < -0.39 is 0 Å².